The smallest absolute Gasteiger partial charge is 0.391 e. The van der Waals surface area contributed by atoms with E-state index in [9.17, 15) is 18.0 Å². The predicted octanol–water partition coefficient (Wildman–Crippen LogP) is 1.54. The molecule has 2 N–H and O–H groups in total. The predicted molar refractivity (Wildman–Crippen MR) is 64.4 cm³/mol. The number of likely N-dealkylation sites (tertiary alicyclic amines) is 1. The van der Waals surface area contributed by atoms with Crippen LogP contribution in [0.2, 0.25) is 0 Å². The molecule has 112 valence electrons. The molecule has 0 aliphatic carbocycles. The SMILES string of the molecule is COC(=O)C(C)(N)CCN1CCC(C(F)(F)F)CC1. The van der Waals surface area contributed by atoms with E-state index >= 15 is 0 Å². The average molecular weight is 282 g/mol. The number of hydrogen-bond acceptors (Lipinski definition) is 4. The van der Waals surface area contributed by atoms with Gasteiger partial charge in [-0.3, -0.25) is 4.79 Å². The number of carbonyl (C=O) groups is 1. The van der Waals surface area contributed by atoms with E-state index in [1.807, 2.05) is 4.90 Å². The Morgan fingerprint density at radius 1 is 1.37 bits per heavy atom. The van der Waals surface area contributed by atoms with E-state index in [2.05, 4.69) is 4.74 Å². The Labute approximate surface area is 111 Å². The number of ether oxygens (including phenoxy) is 1. The molecule has 0 saturated carbocycles. The summed E-state index contributed by atoms with van der Waals surface area (Å²) in [5, 5.41) is 0. The van der Waals surface area contributed by atoms with Crippen molar-refractivity contribution in [3.05, 3.63) is 0 Å². The molecule has 1 fully saturated rings. The molecule has 0 aromatic heterocycles. The standard InChI is InChI=1S/C12H21F3N2O2/c1-11(16,10(18)19-2)5-8-17-6-3-9(4-7-17)12(13,14)15/h9H,3-8,16H2,1-2H3. The van der Waals surface area contributed by atoms with E-state index < -0.39 is 23.6 Å². The molecule has 1 aliphatic heterocycles. The molecule has 0 aromatic rings. The molecular formula is C12H21F3N2O2. The van der Waals surface area contributed by atoms with Crippen molar-refractivity contribution in [3.63, 3.8) is 0 Å². The minimum absolute atomic E-state index is 0.114. The lowest BCUT2D eigenvalue weighted by Gasteiger charge is -2.34. The van der Waals surface area contributed by atoms with Gasteiger partial charge in [0.1, 0.15) is 5.54 Å². The molecule has 1 aliphatic rings. The van der Waals surface area contributed by atoms with Crippen molar-refractivity contribution < 1.29 is 22.7 Å². The van der Waals surface area contributed by atoms with Gasteiger partial charge in [0.25, 0.3) is 0 Å². The maximum atomic E-state index is 12.5. The van der Waals surface area contributed by atoms with Crippen LogP contribution in [-0.2, 0) is 9.53 Å². The first kappa shape index (κ1) is 16.2. The Hall–Kier alpha value is -0.820. The van der Waals surface area contributed by atoms with Gasteiger partial charge in [0.2, 0.25) is 0 Å². The summed E-state index contributed by atoms with van der Waals surface area (Å²) in [4.78, 5) is 13.3. The molecule has 1 heterocycles. The van der Waals surface area contributed by atoms with E-state index in [-0.39, 0.29) is 12.8 Å². The Bertz CT molecular complexity index is 311. The lowest BCUT2D eigenvalue weighted by atomic mass is 9.94. The largest absolute Gasteiger partial charge is 0.468 e. The molecule has 1 rings (SSSR count). The molecule has 1 unspecified atom stereocenters. The summed E-state index contributed by atoms with van der Waals surface area (Å²) in [6, 6.07) is 0. The maximum absolute atomic E-state index is 12.5. The van der Waals surface area contributed by atoms with E-state index in [4.69, 9.17) is 5.73 Å². The summed E-state index contributed by atoms with van der Waals surface area (Å²) in [5.41, 5.74) is 4.72. The number of halogens is 3. The highest BCUT2D eigenvalue weighted by Gasteiger charge is 2.41. The van der Waals surface area contributed by atoms with Gasteiger partial charge in [-0.1, -0.05) is 0 Å². The number of hydrogen-bond donors (Lipinski definition) is 1. The van der Waals surface area contributed by atoms with E-state index in [1.54, 1.807) is 6.92 Å². The third-order valence-corrected chi connectivity index (χ3v) is 3.65. The van der Waals surface area contributed by atoms with Crippen LogP contribution in [0.1, 0.15) is 26.2 Å². The molecule has 0 bridgehead atoms. The summed E-state index contributed by atoms with van der Waals surface area (Å²) in [6.07, 6.45) is -3.50. The normalized spacial score (nSPS) is 22.0. The molecular weight excluding hydrogens is 261 g/mol. The molecule has 19 heavy (non-hydrogen) atoms. The average Bonchev–Trinajstić information content (AvgIpc) is 2.35. The quantitative estimate of drug-likeness (QED) is 0.795. The number of carbonyl (C=O) groups excluding carboxylic acids is 1. The first-order chi connectivity index (χ1) is 8.66. The summed E-state index contributed by atoms with van der Waals surface area (Å²) >= 11 is 0. The van der Waals surface area contributed by atoms with Gasteiger partial charge in [0.15, 0.2) is 0 Å². The summed E-state index contributed by atoms with van der Waals surface area (Å²) in [7, 11) is 1.27. The Balaban J connectivity index is 2.36. The van der Waals surface area contributed by atoms with E-state index in [1.165, 1.54) is 7.11 Å². The van der Waals surface area contributed by atoms with Gasteiger partial charge in [-0.2, -0.15) is 13.2 Å². The van der Waals surface area contributed by atoms with Crippen molar-refractivity contribution in [3.8, 4) is 0 Å². The molecule has 1 saturated heterocycles. The fourth-order valence-electron chi connectivity index (χ4n) is 2.21. The molecule has 7 heteroatoms. The van der Waals surface area contributed by atoms with Crippen LogP contribution >= 0.6 is 0 Å². The lowest BCUT2D eigenvalue weighted by molar-refractivity contribution is -0.185. The van der Waals surface area contributed by atoms with Gasteiger partial charge in [0, 0.05) is 6.54 Å². The van der Waals surface area contributed by atoms with Crippen LogP contribution in [0.4, 0.5) is 13.2 Å². The molecule has 0 spiro atoms. The number of alkyl halides is 3. The molecule has 0 aromatic carbocycles. The summed E-state index contributed by atoms with van der Waals surface area (Å²) < 4.78 is 42.1. The van der Waals surface area contributed by atoms with Crippen molar-refractivity contribution in [1.29, 1.82) is 0 Å². The maximum Gasteiger partial charge on any atom is 0.391 e. The minimum atomic E-state index is -4.10. The topological polar surface area (TPSA) is 55.6 Å². The fraction of sp³-hybridized carbons (Fsp3) is 0.917. The summed E-state index contributed by atoms with van der Waals surface area (Å²) in [5.74, 6) is -1.70. The third-order valence-electron chi connectivity index (χ3n) is 3.65. The second-order valence-electron chi connectivity index (χ2n) is 5.32. The zero-order chi connectivity index (χ0) is 14.7. The van der Waals surface area contributed by atoms with Crippen molar-refractivity contribution >= 4 is 5.97 Å². The third kappa shape index (κ3) is 4.65. The van der Waals surface area contributed by atoms with Crippen LogP contribution in [0.15, 0.2) is 0 Å². The van der Waals surface area contributed by atoms with Gasteiger partial charge >= 0.3 is 12.1 Å². The number of rotatable bonds is 4. The first-order valence-corrected chi connectivity index (χ1v) is 6.33. The van der Waals surface area contributed by atoms with Crippen LogP contribution in [-0.4, -0.2) is 49.3 Å². The number of methoxy groups -OCH3 is 1. The van der Waals surface area contributed by atoms with Gasteiger partial charge in [-0.25, -0.2) is 0 Å². The van der Waals surface area contributed by atoms with Gasteiger partial charge < -0.3 is 15.4 Å². The Morgan fingerprint density at radius 3 is 2.32 bits per heavy atom. The number of nitrogens with two attached hydrogens (primary N) is 1. The zero-order valence-corrected chi connectivity index (χ0v) is 11.3. The number of nitrogens with zero attached hydrogens (tertiary/aromatic N) is 1. The van der Waals surface area contributed by atoms with Gasteiger partial charge in [-0.15, -0.1) is 0 Å². The van der Waals surface area contributed by atoms with Crippen LogP contribution in [0.25, 0.3) is 0 Å². The zero-order valence-electron chi connectivity index (χ0n) is 11.3. The van der Waals surface area contributed by atoms with Crippen LogP contribution in [0.5, 0.6) is 0 Å². The van der Waals surface area contributed by atoms with Crippen molar-refractivity contribution in [2.24, 2.45) is 11.7 Å². The van der Waals surface area contributed by atoms with Crippen molar-refractivity contribution in [1.82, 2.24) is 4.90 Å². The molecule has 0 radical (unpaired) electrons. The van der Waals surface area contributed by atoms with Gasteiger partial charge in [-0.05, 0) is 39.3 Å². The Morgan fingerprint density at radius 2 is 1.89 bits per heavy atom. The van der Waals surface area contributed by atoms with Crippen molar-refractivity contribution in [2.75, 3.05) is 26.7 Å². The summed E-state index contributed by atoms with van der Waals surface area (Å²) in [6.45, 7) is 2.86. The fourth-order valence-corrected chi connectivity index (χ4v) is 2.21. The van der Waals surface area contributed by atoms with Crippen LogP contribution in [0, 0.1) is 5.92 Å². The van der Waals surface area contributed by atoms with E-state index in [0.29, 0.717) is 26.1 Å². The minimum Gasteiger partial charge on any atom is -0.468 e. The van der Waals surface area contributed by atoms with Crippen LogP contribution < -0.4 is 5.73 Å². The Kier molecular flexibility index (Phi) is 5.20. The molecule has 0 amide bonds. The molecule has 1 atom stereocenters. The van der Waals surface area contributed by atoms with E-state index in [0.717, 1.165) is 0 Å². The monoisotopic (exact) mass is 282 g/mol. The van der Waals surface area contributed by atoms with Crippen LogP contribution in [0.3, 0.4) is 0 Å². The second kappa shape index (κ2) is 6.09. The number of piperidine rings is 1. The second-order valence-corrected chi connectivity index (χ2v) is 5.32. The highest BCUT2D eigenvalue weighted by molar-refractivity contribution is 5.79. The lowest BCUT2D eigenvalue weighted by Crippen LogP contribution is -2.49. The first-order valence-electron chi connectivity index (χ1n) is 6.33. The van der Waals surface area contributed by atoms with Gasteiger partial charge in [0.05, 0.1) is 13.0 Å². The highest BCUT2D eigenvalue weighted by atomic mass is 19.4. The highest BCUT2D eigenvalue weighted by Crippen LogP contribution is 2.34. The number of esters is 1. The van der Waals surface area contributed by atoms with Crippen molar-refractivity contribution in [2.45, 2.75) is 37.9 Å². The molecule has 4 nitrogen and oxygen atoms in total.